The highest BCUT2D eigenvalue weighted by molar-refractivity contribution is 7.92. The van der Waals surface area contributed by atoms with E-state index in [-0.39, 0.29) is 30.8 Å². The summed E-state index contributed by atoms with van der Waals surface area (Å²) in [7, 11) is -3.51. The zero-order chi connectivity index (χ0) is 26.1. The van der Waals surface area contributed by atoms with Crippen LogP contribution in [0.3, 0.4) is 0 Å². The summed E-state index contributed by atoms with van der Waals surface area (Å²) in [5, 5.41) is 3.15. The number of amides is 2. The van der Waals surface area contributed by atoms with Crippen molar-refractivity contribution in [2.45, 2.75) is 77.4 Å². The molecule has 0 aromatic heterocycles. The Bertz CT molecular complexity index is 1110. The van der Waals surface area contributed by atoms with Crippen LogP contribution in [0.5, 0.6) is 0 Å². The van der Waals surface area contributed by atoms with Crippen LogP contribution in [-0.4, -0.2) is 50.0 Å². The third-order valence-electron chi connectivity index (χ3n) is 6.73. The molecular formula is C28H39N3O4S. The first-order chi connectivity index (χ1) is 17.2. The Hall–Kier alpha value is -2.87. The fraction of sp³-hybridized carbons (Fsp3) is 0.500. The van der Waals surface area contributed by atoms with Gasteiger partial charge in [-0.25, -0.2) is 8.42 Å². The van der Waals surface area contributed by atoms with E-state index in [1.165, 1.54) is 10.6 Å². The van der Waals surface area contributed by atoms with Crippen molar-refractivity contribution in [3.05, 3.63) is 65.7 Å². The molecule has 1 saturated carbocycles. The smallest absolute Gasteiger partial charge is 0.243 e. The van der Waals surface area contributed by atoms with Gasteiger partial charge in [0.25, 0.3) is 0 Å². The van der Waals surface area contributed by atoms with Gasteiger partial charge in [-0.3, -0.25) is 13.9 Å². The second-order valence-corrected chi connectivity index (χ2v) is 11.6. The molecule has 1 atom stereocenters. The van der Waals surface area contributed by atoms with Crippen molar-refractivity contribution in [3.8, 4) is 0 Å². The Labute approximate surface area is 215 Å². The summed E-state index contributed by atoms with van der Waals surface area (Å²) in [6, 6.07) is 16.6. The minimum atomic E-state index is -3.51. The molecule has 1 aliphatic carbocycles. The minimum absolute atomic E-state index is 0.105. The molecule has 7 nitrogen and oxygen atoms in total. The van der Waals surface area contributed by atoms with Gasteiger partial charge in [0.05, 0.1) is 11.9 Å². The summed E-state index contributed by atoms with van der Waals surface area (Å²) < 4.78 is 26.3. The summed E-state index contributed by atoms with van der Waals surface area (Å²) in [6.45, 7) is 4.37. The lowest BCUT2D eigenvalue weighted by molar-refractivity contribution is -0.141. The molecule has 0 saturated heterocycles. The van der Waals surface area contributed by atoms with E-state index < -0.39 is 16.1 Å². The van der Waals surface area contributed by atoms with Crippen LogP contribution in [0.25, 0.3) is 0 Å². The zero-order valence-corrected chi connectivity index (χ0v) is 22.5. The van der Waals surface area contributed by atoms with E-state index in [0.717, 1.165) is 36.8 Å². The van der Waals surface area contributed by atoms with E-state index in [2.05, 4.69) is 5.32 Å². The van der Waals surface area contributed by atoms with Gasteiger partial charge in [-0.1, -0.05) is 62.2 Å². The van der Waals surface area contributed by atoms with Gasteiger partial charge in [0.1, 0.15) is 6.04 Å². The van der Waals surface area contributed by atoms with Gasteiger partial charge in [-0.05, 0) is 55.9 Å². The molecule has 0 bridgehead atoms. The molecule has 2 aromatic carbocycles. The van der Waals surface area contributed by atoms with Gasteiger partial charge >= 0.3 is 0 Å². The molecule has 3 rings (SSSR count). The van der Waals surface area contributed by atoms with Crippen molar-refractivity contribution in [2.75, 3.05) is 17.1 Å². The second-order valence-electron chi connectivity index (χ2n) is 9.70. The van der Waals surface area contributed by atoms with Crippen LogP contribution < -0.4 is 9.62 Å². The average molecular weight is 514 g/mol. The molecule has 0 spiro atoms. The largest absolute Gasteiger partial charge is 0.352 e. The van der Waals surface area contributed by atoms with E-state index in [9.17, 15) is 18.0 Å². The van der Waals surface area contributed by atoms with Gasteiger partial charge in [0.15, 0.2) is 0 Å². The van der Waals surface area contributed by atoms with Crippen LogP contribution in [0.15, 0.2) is 54.6 Å². The van der Waals surface area contributed by atoms with Crippen molar-refractivity contribution in [3.63, 3.8) is 0 Å². The van der Waals surface area contributed by atoms with Crippen LogP contribution in [0.1, 0.15) is 63.0 Å². The number of carbonyl (C=O) groups excluding carboxylic acids is 2. The topological polar surface area (TPSA) is 86.8 Å². The molecule has 2 aromatic rings. The predicted molar refractivity (Wildman–Crippen MR) is 144 cm³/mol. The number of benzene rings is 2. The normalized spacial score (nSPS) is 14.9. The standard InChI is InChI=1S/C28H39N3O4S/c1-4-26(28(33)29-24-15-8-9-16-24)30(21-23-13-6-5-7-14-23)27(32)18-11-19-31(36(3,34)35)25-17-10-12-22(2)20-25/h5-7,10,12-14,17,20,24,26H,4,8-9,11,15-16,18-19,21H2,1-3H3,(H,29,33)/t26-/m0/s1. The molecule has 36 heavy (non-hydrogen) atoms. The molecule has 0 heterocycles. The van der Waals surface area contributed by atoms with Crippen LogP contribution in [0.2, 0.25) is 0 Å². The summed E-state index contributed by atoms with van der Waals surface area (Å²) >= 11 is 0. The van der Waals surface area contributed by atoms with Crippen LogP contribution in [0, 0.1) is 6.92 Å². The molecule has 1 aliphatic rings. The first kappa shape index (κ1) is 27.7. The Morgan fingerprint density at radius 1 is 1.06 bits per heavy atom. The highest BCUT2D eigenvalue weighted by Gasteiger charge is 2.30. The fourth-order valence-electron chi connectivity index (χ4n) is 4.85. The number of hydrogen-bond donors (Lipinski definition) is 1. The van der Waals surface area contributed by atoms with Crippen molar-refractivity contribution in [2.24, 2.45) is 0 Å². The lowest BCUT2D eigenvalue weighted by Crippen LogP contribution is -2.51. The predicted octanol–water partition coefficient (Wildman–Crippen LogP) is 4.41. The van der Waals surface area contributed by atoms with E-state index in [1.54, 1.807) is 11.0 Å². The molecule has 196 valence electrons. The van der Waals surface area contributed by atoms with Gasteiger partial charge in [-0.2, -0.15) is 0 Å². The quantitative estimate of drug-likeness (QED) is 0.456. The summed E-state index contributed by atoms with van der Waals surface area (Å²) in [4.78, 5) is 28.4. The van der Waals surface area contributed by atoms with Gasteiger partial charge < -0.3 is 10.2 Å². The molecule has 1 N–H and O–H groups in total. The lowest BCUT2D eigenvalue weighted by atomic mass is 10.1. The number of carbonyl (C=O) groups is 2. The Balaban J connectivity index is 1.73. The maximum Gasteiger partial charge on any atom is 0.243 e. The maximum atomic E-state index is 13.5. The highest BCUT2D eigenvalue weighted by atomic mass is 32.2. The number of nitrogens with one attached hydrogen (secondary N) is 1. The van der Waals surface area contributed by atoms with Crippen LogP contribution in [0.4, 0.5) is 5.69 Å². The summed E-state index contributed by atoms with van der Waals surface area (Å²) in [5.41, 5.74) is 2.51. The van der Waals surface area contributed by atoms with E-state index in [0.29, 0.717) is 25.1 Å². The number of rotatable bonds is 12. The van der Waals surface area contributed by atoms with Gasteiger partial charge in [0, 0.05) is 25.6 Å². The monoisotopic (exact) mass is 513 g/mol. The first-order valence-electron chi connectivity index (χ1n) is 12.9. The zero-order valence-electron chi connectivity index (χ0n) is 21.7. The number of nitrogens with zero attached hydrogens (tertiary/aromatic N) is 2. The van der Waals surface area contributed by atoms with Gasteiger partial charge in [0.2, 0.25) is 21.8 Å². The SMILES string of the molecule is CC[C@@H](C(=O)NC1CCCC1)N(Cc1ccccc1)C(=O)CCCN(c1cccc(C)c1)S(C)(=O)=O. The van der Waals surface area contributed by atoms with Crippen LogP contribution in [-0.2, 0) is 26.2 Å². The highest BCUT2D eigenvalue weighted by Crippen LogP contribution is 2.22. The Morgan fingerprint density at radius 2 is 1.75 bits per heavy atom. The Kier molecular flexibility index (Phi) is 9.93. The molecule has 0 unspecified atom stereocenters. The Morgan fingerprint density at radius 3 is 2.36 bits per heavy atom. The summed E-state index contributed by atoms with van der Waals surface area (Å²) in [6.07, 6.45) is 6.39. The third-order valence-corrected chi connectivity index (χ3v) is 7.92. The molecule has 0 radical (unpaired) electrons. The molecule has 2 amide bonds. The third kappa shape index (κ3) is 7.82. The molecule has 0 aliphatic heterocycles. The summed E-state index contributed by atoms with van der Waals surface area (Å²) in [5.74, 6) is -0.254. The molecule has 1 fully saturated rings. The first-order valence-corrected chi connectivity index (χ1v) is 14.7. The van der Waals surface area contributed by atoms with E-state index in [1.807, 2.05) is 62.4 Å². The number of sulfonamides is 1. The molecule has 8 heteroatoms. The number of anilines is 1. The second kappa shape index (κ2) is 12.9. The number of hydrogen-bond acceptors (Lipinski definition) is 4. The average Bonchev–Trinajstić information content (AvgIpc) is 3.34. The van der Waals surface area contributed by atoms with E-state index in [4.69, 9.17) is 0 Å². The molecular weight excluding hydrogens is 474 g/mol. The van der Waals surface area contributed by atoms with Crippen LogP contribution >= 0.6 is 0 Å². The number of aryl methyl sites for hydroxylation is 1. The minimum Gasteiger partial charge on any atom is -0.352 e. The van der Waals surface area contributed by atoms with E-state index >= 15 is 0 Å². The fourth-order valence-corrected chi connectivity index (χ4v) is 5.81. The lowest BCUT2D eigenvalue weighted by Gasteiger charge is -2.32. The van der Waals surface area contributed by atoms with Crippen molar-refractivity contribution >= 4 is 27.5 Å². The van der Waals surface area contributed by atoms with Gasteiger partial charge in [-0.15, -0.1) is 0 Å². The van der Waals surface area contributed by atoms with Crippen molar-refractivity contribution < 1.29 is 18.0 Å². The van der Waals surface area contributed by atoms with Crippen molar-refractivity contribution in [1.29, 1.82) is 0 Å². The maximum absolute atomic E-state index is 13.5. The van der Waals surface area contributed by atoms with Crippen molar-refractivity contribution in [1.82, 2.24) is 10.2 Å².